The van der Waals surface area contributed by atoms with Crippen LogP contribution in [0.1, 0.15) is 26.7 Å². The molecule has 0 saturated heterocycles. The van der Waals surface area contributed by atoms with Crippen molar-refractivity contribution in [3.63, 3.8) is 0 Å². The maximum Gasteiger partial charge on any atom is 0.326 e. The van der Waals surface area contributed by atoms with Crippen molar-refractivity contribution >= 4 is 23.8 Å². The summed E-state index contributed by atoms with van der Waals surface area (Å²) in [5, 5.41) is 13.3. The van der Waals surface area contributed by atoms with Crippen molar-refractivity contribution in [1.82, 2.24) is 10.6 Å². The lowest BCUT2D eigenvalue weighted by Crippen LogP contribution is -2.54. The first-order chi connectivity index (χ1) is 9.15. The van der Waals surface area contributed by atoms with Gasteiger partial charge in [-0.25, -0.2) is 9.59 Å². The zero-order valence-corrected chi connectivity index (χ0v) is 11.4. The Hall–Kier alpha value is -2.32. The Balaban J connectivity index is 4.56. The van der Waals surface area contributed by atoms with Crippen molar-refractivity contribution in [1.29, 1.82) is 0 Å². The van der Waals surface area contributed by atoms with Crippen LogP contribution in [0.3, 0.4) is 0 Å². The number of carbonyl (C=O) groups is 4. The predicted molar refractivity (Wildman–Crippen MR) is 69.3 cm³/mol. The van der Waals surface area contributed by atoms with Gasteiger partial charge < -0.3 is 27.2 Å². The molecule has 0 heterocycles. The van der Waals surface area contributed by atoms with E-state index in [4.69, 9.17) is 16.6 Å². The Labute approximate surface area is 116 Å². The van der Waals surface area contributed by atoms with Gasteiger partial charge in [0.1, 0.15) is 12.1 Å². The number of carbonyl (C=O) groups excluding carboxylic acids is 3. The van der Waals surface area contributed by atoms with E-state index in [-0.39, 0.29) is 18.8 Å². The molecule has 2 atom stereocenters. The lowest BCUT2D eigenvalue weighted by atomic mass is 10.0. The van der Waals surface area contributed by atoms with E-state index in [1.54, 1.807) is 13.8 Å². The zero-order chi connectivity index (χ0) is 15.9. The molecular formula is C11H20N4O5. The largest absolute Gasteiger partial charge is 0.480 e. The summed E-state index contributed by atoms with van der Waals surface area (Å²) in [5.41, 5.74) is 10.0. The van der Waals surface area contributed by atoms with Crippen LogP contribution in [0.2, 0.25) is 0 Å². The molecule has 9 heteroatoms. The van der Waals surface area contributed by atoms with Gasteiger partial charge in [-0.2, -0.15) is 0 Å². The fourth-order valence-electron chi connectivity index (χ4n) is 1.45. The molecule has 0 aliphatic heterocycles. The standard InChI is InChI=1S/C11H20N4O5/c1-5(2)8(9(13)17)15-11(20)14-6(10(18)19)3-4-7(12)16/h5-6,8H,3-4H2,1-2H3,(H2,12,16)(H2,13,17)(H,18,19)(H2,14,15,20). The summed E-state index contributed by atoms with van der Waals surface area (Å²) < 4.78 is 0. The number of rotatable bonds is 8. The SMILES string of the molecule is CC(C)C(NC(=O)NC(CCC(N)=O)C(=O)O)C(N)=O. The van der Waals surface area contributed by atoms with Crippen LogP contribution in [-0.4, -0.2) is 41.0 Å². The summed E-state index contributed by atoms with van der Waals surface area (Å²) in [5.74, 6) is -2.94. The van der Waals surface area contributed by atoms with Crippen molar-refractivity contribution < 1.29 is 24.3 Å². The fourth-order valence-corrected chi connectivity index (χ4v) is 1.45. The molecule has 20 heavy (non-hydrogen) atoms. The molecule has 0 aliphatic rings. The van der Waals surface area contributed by atoms with Crippen molar-refractivity contribution in [2.45, 2.75) is 38.8 Å². The summed E-state index contributed by atoms with van der Waals surface area (Å²) in [7, 11) is 0. The van der Waals surface area contributed by atoms with Gasteiger partial charge in [-0.15, -0.1) is 0 Å². The zero-order valence-electron chi connectivity index (χ0n) is 11.4. The summed E-state index contributed by atoms with van der Waals surface area (Å²) in [4.78, 5) is 44.2. The van der Waals surface area contributed by atoms with Gasteiger partial charge in [0.05, 0.1) is 0 Å². The first-order valence-electron chi connectivity index (χ1n) is 6.02. The maximum atomic E-state index is 11.6. The van der Waals surface area contributed by atoms with E-state index in [0.717, 1.165) is 0 Å². The van der Waals surface area contributed by atoms with E-state index in [2.05, 4.69) is 10.6 Å². The average molecular weight is 288 g/mol. The number of urea groups is 1. The highest BCUT2D eigenvalue weighted by atomic mass is 16.4. The van der Waals surface area contributed by atoms with E-state index in [0.29, 0.717) is 0 Å². The molecule has 2 unspecified atom stereocenters. The minimum atomic E-state index is -1.30. The number of primary amides is 2. The van der Waals surface area contributed by atoms with E-state index in [9.17, 15) is 19.2 Å². The first-order valence-corrected chi connectivity index (χ1v) is 6.02. The highest BCUT2D eigenvalue weighted by Crippen LogP contribution is 2.02. The van der Waals surface area contributed by atoms with Crippen molar-refractivity contribution in [3.8, 4) is 0 Å². The second-order valence-electron chi connectivity index (χ2n) is 4.64. The molecule has 0 saturated carbocycles. The lowest BCUT2D eigenvalue weighted by Gasteiger charge is -2.21. The van der Waals surface area contributed by atoms with E-state index in [1.165, 1.54) is 0 Å². The number of amides is 4. The Kier molecular flexibility index (Phi) is 7.05. The Morgan fingerprint density at radius 3 is 2.00 bits per heavy atom. The molecule has 9 nitrogen and oxygen atoms in total. The molecule has 0 spiro atoms. The Morgan fingerprint density at radius 1 is 1.10 bits per heavy atom. The van der Waals surface area contributed by atoms with Crippen LogP contribution in [0.15, 0.2) is 0 Å². The van der Waals surface area contributed by atoms with E-state index < -0.39 is 35.9 Å². The van der Waals surface area contributed by atoms with Crippen LogP contribution in [0, 0.1) is 5.92 Å². The number of aliphatic carboxylic acids is 1. The van der Waals surface area contributed by atoms with Gasteiger partial charge >= 0.3 is 12.0 Å². The van der Waals surface area contributed by atoms with Crippen molar-refractivity contribution in [3.05, 3.63) is 0 Å². The molecular weight excluding hydrogens is 268 g/mol. The number of nitrogens with two attached hydrogens (primary N) is 2. The normalized spacial score (nSPS) is 13.3. The van der Waals surface area contributed by atoms with Crippen LogP contribution >= 0.6 is 0 Å². The Morgan fingerprint density at radius 2 is 1.65 bits per heavy atom. The van der Waals surface area contributed by atoms with Crippen LogP contribution < -0.4 is 22.1 Å². The molecule has 0 aromatic carbocycles. The number of carboxylic acid groups (broad SMARTS) is 1. The second-order valence-corrected chi connectivity index (χ2v) is 4.64. The van der Waals surface area contributed by atoms with E-state index >= 15 is 0 Å². The summed E-state index contributed by atoms with van der Waals surface area (Å²) in [6, 6.07) is -3.04. The van der Waals surface area contributed by atoms with Gasteiger partial charge in [-0.1, -0.05) is 13.8 Å². The average Bonchev–Trinajstić information content (AvgIpc) is 2.29. The number of hydrogen-bond acceptors (Lipinski definition) is 4. The monoisotopic (exact) mass is 288 g/mol. The first kappa shape index (κ1) is 17.7. The quantitative estimate of drug-likeness (QED) is 0.366. The molecule has 0 bridgehead atoms. The van der Waals surface area contributed by atoms with Crippen molar-refractivity contribution in [2.75, 3.05) is 0 Å². The van der Waals surface area contributed by atoms with Gasteiger partial charge in [0.2, 0.25) is 11.8 Å². The maximum absolute atomic E-state index is 11.6. The van der Waals surface area contributed by atoms with Crippen LogP contribution in [0.5, 0.6) is 0 Å². The minimum Gasteiger partial charge on any atom is -0.480 e. The molecule has 0 rings (SSSR count). The van der Waals surface area contributed by atoms with Gasteiger partial charge in [-0.3, -0.25) is 9.59 Å². The third-order valence-corrected chi connectivity index (χ3v) is 2.54. The summed E-state index contributed by atoms with van der Waals surface area (Å²) >= 11 is 0. The summed E-state index contributed by atoms with van der Waals surface area (Å²) in [6.45, 7) is 3.36. The van der Waals surface area contributed by atoms with Gasteiger partial charge in [0, 0.05) is 6.42 Å². The smallest absolute Gasteiger partial charge is 0.326 e. The van der Waals surface area contributed by atoms with E-state index in [1.807, 2.05) is 0 Å². The van der Waals surface area contributed by atoms with Crippen molar-refractivity contribution in [2.24, 2.45) is 17.4 Å². The topological polar surface area (TPSA) is 165 Å². The molecule has 0 fully saturated rings. The highest BCUT2D eigenvalue weighted by molar-refractivity contribution is 5.88. The number of hydrogen-bond donors (Lipinski definition) is 5. The van der Waals surface area contributed by atoms with Crippen LogP contribution in [-0.2, 0) is 14.4 Å². The minimum absolute atomic E-state index is 0.138. The third-order valence-electron chi connectivity index (χ3n) is 2.54. The molecule has 0 aliphatic carbocycles. The van der Waals surface area contributed by atoms with Crippen LogP contribution in [0.25, 0.3) is 0 Å². The Bertz CT molecular complexity index is 396. The molecule has 114 valence electrons. The third kappa shape index (κ3) is 6.57. The summed E-state index contributed by atoms with van der Waals surface area (Å²) in [6.07, 6.45) is -0.318. The molecule has 0 aromatic heterocycles. The van der Waals surface area contributed by atoms with Gasteiger partial charge in [0.25, 0.3) is 0 Å². The highest BCUT2D eigenvalue weighted by Gasteiger charge is 2.25. The van der Waals surface area contributed by atoms with Crippen LogP contribution in [0.4, 0.5) is 4.79 Å². The lowest BCUT2D eigenvalue weighted by molar-refractivity contribution is -0.139. The predicted octanol–water partition coefficient (Wildman–Crippen LogP) is -1.49. The van der Waals surface area contributed by atoms with Gasteiger partial charge in [0.15, 0.2) is 0 Å². The molecule has 7 N–H and O–H groups in total. The fraction of sp³-hybridized carbons (Fsp3) is 0.636. The molecule has 4 amide bonds. The molecule has 0 radical (unpaired) electrons. The second kappa shape index (κ2) is 7.97. The number of carboxylic acids is 1. The molecule has 0 aromatic rings. The number of nitrogens with one attached hydrogen (secondary N) is 2. The van der Waals surface area contributed by atoms with Gasteiger partial charge in [-0.05, 0) is 12.3 Å².